The van der Waals surface area contributed by atoms with Crippen molar-refractivity contribution in [2.45, 2.75) is 26.2 Å². The van der Waals surface area contributed by atoms with Crippen LogP contribution in [0.15, 0.2) is 5.38 Å². The molecule has 5 heteroatoms. The van der Waals surface area contributed by atoms with Gasteiger partial charge >= 0.3 is 5.97 Å². The highest BCUT2D eigenvalue weighted by molar-refractivity contribution is 7.09. The quantitative estimate of drug-likeness (QED) is 0.803. The number of carbonyl (C=O) groups is 2. The second-order valence-corrected chi connectivity index (χ2v) is 4.03. The molecule has 0 fully saturated rings. The van der Waals surface area contributed by atoms with Gasteiger partial charge < -0.3 is 5.11 Å². The second kappa shape index (κ2) is 4.85. The van der Waals surface area contributed by atoms with Crippen LogP contribution in [0.25, 0.3) is 0 Å². The van der Waals surface area contributed by atoms with E-state index in [1.807, 2.05) is 12.3 Å². The van der Waals surface area contributed by atoms with Crippen LogP contribution in [0.4, 0.5) is 0 Å². The molecule has 1 N–H and O–H groups in total. The number of rotatable bonds is 5. The predicted molar refractivity (Wildman–Crippen MR) is 52.4 cm³/mol. The topological polar surface area (TPSA) is 67.3 Å². The third kappa shape index (κ3) is 3.66. The molecule has 0 aliphatic rings. The van der Waals surface area contributed by atoms with Crippen molar-refractivity contribution < 1.29 is 14.7 Å². The fourth-order valence-corrected chi connectivity index (χ4v) is 1.64. The summed E-state index contributed by atoms with van der Waals surface area (Å²) in [6.45, 7) is 1.87. The van der Waals surface area contributed by atoms with E-state index in [4.69, 9.17) is 5.11 Å². The first-order valence-electron chi connectivity index (χ1n) is 4.22. The zero-order valence-electron chi connectivity index (χ0n) is 7.82. The van der Waals surface area contributed by atoms with Crippen molar-refractivity contribution in [1.29, 1.82) is 0 Å². The molecule has 0 unspecified atom stereocenters. The Morgan fingerprint density at radius 2 is 2.21 bits per heavy atom. The second-order valence-electron chi connectivity index (χ2n) is 2.97. The van der Waals surface area contributed by atoms with Crippen molar-refractivity contribution in [3.63, 3.8) is 0 Å². The largest absolute Gasteiger partial charge is 0.481 e. The Morgan fingerprint density at radius 3 is 2.71 bits per heavy atom. The maximum absolute atomic E-state index is 11.2. The lowest BCUT2D eigenvalue weighted by molar-refractivity contribution is -0.138. The summed E-state index contributed by atoms with van der Waals surface area (Å²) >= 11 is 1.49. The summed E-state index contributed by atoms with van der Waals surface area (Å²) in [5.41, 5.74) is 0.739. The molecule has 0 spiro atoms. The summed E-state index contributed by atoms with van der Waals surface area (Å²) in [5.74, 6) is -1.01. The van der Waals surface area contributed by atoms with Gasteiger partial charge in [-0.05, 0) is 6.92 Å². The van der Waals surface area contributed by atoms with Crippen LogP contribution >= 0.6 is 11.3 Å². The number of aliphatic carboxylic acids is 1. The number of aromatic nitrogens is 1. The van der Waals surface area contributed by atoms with Gasteiger partial charge in [-0.15, -0.1) is 11.3 Å². The van der Waals surface area contributed by atoms with Gasteiger partial charge in [-0.25, -0.2) is 4.98 Å². The van der Waals surface area contributed by atoms with Gasteiger partial charge in [0.1, 0.15) is 5.78 Å². The average Bonchev–Trinajstić information content (AvgIpc) is 2.48. The fraction of sp³-hybridized carbons (Fsp3) is 0.444. The van der Waals surface area contributed by atoms with Crippen LogP contribution < -0.4 is 0 Å². The van der Waals surface area contributed by atoms with Gasteiger partial charge in [-0.3, -0.25) is 9.59 Å². The van der Waals surface area contributed by atoms with Gasteiger partial charge in [0.2, 0.25) is 0 Å². The first-order valence-corrected chi connectivity index (χ1v) is 5.10. The SMILES string of the molecule is Cc1nc(CC(=O)CCC(=O)O)cs1. The number of ketones is 1. The molecule has 76 valence electrons. The number of nitrogens with zero attached hydrogens (tertiary/aromatic N) is 1. The zero-order chi connectivity index (χ0) is 10.6. The van der Waals surface area contributed by atoms with Crippen LogP contribution in [0.1, 0.15) is 23.5 Å². The van der Waals surface area contributed by atoms with E-state index in [2.05, 4.69) is 4.98 Å². The molecule has 0 bridgehead atoms. The van der Waals surface area contributed by atoms with Gasteiger partial charge in [0.15, 0.2) is 0 Å². The van der Waals surface area contributed by atoms with E-state index in [1.54, 1.807) is 0 Å². The smallest absolute Gasteiger partial charge is 0.303 e. The van der Waals surface area contributed by atoms with Crippen molar-refractivity contribution in [1.82, 2.24) is 4.98 Å². The monoisotopic (exact) mass is 213 g/mol. The van der Waals surface area contributed by atoms with E-state index in [0.29, 0.717) is 0 Å². The van der Waals surface area contributed by atoms with E-state index < -0.39 is 5.97 Å². The maximum atomic E-state index is 11.2. The van der Waals surface area contributed by atoms with Crippen molar-refractivity contribution >= 4 is 23.1 Å². The Balaban J connectivity index is 2.37. The molecular weight excluding hydrogens is 202 g/mol. The lowest BCUT2D eigenvalue weighted by Gasteiger charge is -1.94. The number of Topliss-reactive ketones (excluding diaryl/α,β-unsaturated/α-hetero) is 1. The maximum Gasteiger partial charge on any atom is 0.303 e. The van der Waals surface area contributed by atoms with Gasteiger partial charge in [-0.1, -0.05) is 0 Å². The molecule has 1 rings (SSSR count). The number of thiazole rings is 1. The van der Waals surface area contributed by atoms with Crippen LogP contribution in [-0.4, -0.2) is 21.8 Å². The van der Waals surface area contributed by atoms with Crippen LogP contribution in [-0.2, 0) is 16.0 Å². The molecule has 0 amide bonds. The summed E-state index contributed by atoms with van der Waals surface area (Å²) in [5, 5.41) is 11.1. The average molecular weight is 213 g/mol. The molecule has 0 saturated heterocycles. The number of carboxylic acids is 1. The third-order valence-corrected chi connectivity index (χ3v) is 2.48. The van der Waals surface area contributed by atoms with Crippen molar-refractivity contribution in [3.05, 3.63) is 16.1 Å². The van der Waals surface area contributed by atoms with E-state index in [1.165, 1.54) is 11.3 Å². The molecule has 0 saturated carbocycles. The highest BCUT2D eigenvalue weighted by Crippen LogP contribution is 2.09. The molecule has 4 nitrogen and oxygen atoms in total. The highest BCUT2D eigenvalue weighted by Gasteiger charge is 2.08. The lowest BCUT2D eigenvalue weighted by Crippen LogP contribution is -2.06. The summed E-state index contributed by atoms with van der Waals surface area (Å²) < 4.78 is 0. The highest BCUT2D eigenvalue weighted by atomic mass is 32.1. The summed E-state index contributed by atoms with van der Waals surface area (Å²) in [6.07, 6.45) is 0.242. The molecule has 1 heterocycles. The molecular formula is C9H11NO3S. The Labute approximate surface area is 85.6 Å². The number of carbonyl (C=O) groups excluding carboxylic acids is 1. The normalized spacial score (nSPS) is 10.1. The zero-order valence-corrected chi connectivity index (χ0v) is 8.63. The summed E-state index contributed by atoms with van der Waals surface area (Å²) in [6, 6.07) is 0. The molecule has 0 atom stereocenters. The fourth-order valence-electron chi connectivity index (χ4n) is 1.03. The van der Waals surface area contributed by atoms with Gasteiger partial charge in [0.25, 0.3) is 0 Å². The van der Waals surface area contributed by atoms with Crippen LogP contribution in [0.3, 0.4) is 0 Å². The third-order valence-electron chi connectivity index (χ3n) is 1.66. The summed E-state index contributed by atoms with van der Waals surface area (Å²) in [4.78, 5) is 25.5. The Hall–Kier alpha value is -1.23. The van der Waals surface area contributed by atoms with Gasteiger partial charge in [0, 0.05) is 18.2 Å². The minimum absolute atomic E-state index is 0.0716. The van der Waals surface area contributed by atoms with E-state index >= 15 is 0 Å². The molecule has 14 heavy (non-hydrogen) atoms. The molecule has 0 aromatic carbocycles. The van der Waals surface area contributed by atoms with Crippen LogP contribution in [0.2, 0.25) is 0 Å². The van der Waals surface area contributed by atoms with E-state index in [9.17, 15) is 9.59 Å². The summed E-state index contributed by atoms with van der Waals surface area (Å²) in [7, 11) is 0. The van der Waals surface area contributed by atoms with Crippen LogP contribution in [0.5, 0.6) is 0 Å². The number of carboxylic acid groups (broad SMARTS) is 1. The minimum Gasteiger partial charge on any atom is -0.481 e. The standard InChI is InChI=1S/C9H11NO3S/c1-6-10-7(5-14-6)4-8(11)2-3-9(12)13/h5H,2-4H2,1H3,(H,12,13). The van der Waals surface area contributed by atoms with Crippen LogP contribution in [0, 0.1) is 6.92 Å². The van der Waals surface area contributed by atoms with E-state index in [0.717, 1.165) is 10.7 Å². The van der Waals surface area contributed by atoms with E-state index in [-0.39, 0.29) is 25.0 Å². The predicted octanol–water partition coefficient (Wildman–Crippen LogP) is 1.43. The minimum atomic E-state index is -0.937. The molecule has 1 aromatic rings. The lowest BCUT2D eigenvalue weighted by atomic mass is 10.1. The number of hydrogen-bond donors (Lipinski definition) is 1. The molecule has 1 aromatic heterocycles. The molecule has 0 radical (unpaired) electrons. The Kier molecular flexibility index (Phi) is 3.76. The van der Waals surface area contributed by atoms with Crippen molar-refractivity contribution in [3.8, 4) is 0 Å². The van der Waals surface area contributed by atoms with Crippen molar-refractivity contribution in [2.75, 3.05) is 0 Å². The van der Waals surface area contributed by atoms with Gasteiger partial charge in [-0.2, -0.15) is 0 Å². The Bertz CT molecular complexity index is 346. The first kappa shape index (κ1) is 10.8. The number of hydrogen-bond acceptors (Lipinski definition) is 4. The molecule has 0 aliphatic carbocycles. The van der Waals surface area contributed by atoms with Crippen molar-refractivity contribution in [2.24, 2.45) is 0 Å². The Morgan fingerprint density at radius 1 is 1.50 bits per heavy atom. The molecule has 0 aliphatic heterocycles. The number of aryl methyl sites for hydroxylation is 1. The van der Waals surface area contributed by atoms with Gasteiger partial charge in [0.05, 0.1) is 17.1 Å². The first-order chi connectivity index (χ1) is 6.58.